The molecule has 1 saturated carbocycles. The lowest BCUT2D eigenvalue weighted by atomic mass is 9.81. The molecule has 0 spiro atoms. The summed E-state index contributed by atoms with van der Waals surface area (Å²) >= 11 is 3.21. The minimum absolute atomic E-state index is 0.0962. The second-order valence-corrected chi connectivity index (χ2v) is 6.69. The number of aromatic hydroxyl groups is 1. The van der Waals surface area contributed by atoms with Crippen LogP contribution in [0.4, 0.5) is 0 Å². The Labute approximate surface area is 128 Å². The molecular formula is C16H22BrNO2. The van der Waals surface area contributed by atoms with Crippen molar-refractivity contribution in [2.45, 2.75) is 39.0 Å². The summed E-state index contributed by atoms with van der Waals surface area (Å²) in [7, 11) is 0. The van der Waals surface area contributed by atoms with Crippen molar-refractivity contribution in [2.24, 2.45) is 11.8 Å². The molecule has 1 aliphatic carbocycles. The van der Waals surface area contributed by atoms with Crippen LogP contribution in [0.3, 0.4) is 0 Å². The predicted octanol–water partition coefficient (Wildman–Crippen LogP) is 4.10. The summed E-state index contributed by atoms with van der Waals surface area (Å²) in [5.74, 6) is 1.60. The minimum atomic E-state index is -0.114. The number of nitrogens with one attached hydrogen (secondary N) is 1. The van der Waals surface area contributed by atoms with Gasteiger partial charge in [0.25, 0.3) is 5.91 Å². The van der Waals surface area contributed by atoms with E-state index in [1.807, 2.05) is 0 Å². The molecule has 1 aromatic carbocycles. The minimum Gasteiger partial charge on any atom is -0.507 e. The lowest BCUT2D eigenvalue weighted by molar-refractivity contribution is 0.0949. The van der Waals surface area contributed by atoms with Gasteiger partial charge in [-0.15, -0.1) is 0 Å². The van der Waals surface area contributed by atoms with Crippen LogP contribution < -0.4 is 5.32 Å². The highest BCUT2D eigenvalue weighted by molar-refractivity contribution is 9.10. The number of amides is 1. The monoisotopic (exact) mass is 339 g/mol. The van der Waals surface area contributed by atoms with Crippen LogP contribution in [-0.2, 0) is 0 Å². The van der Waals surface area contributed by atoms with Crippen molar-refractivity contribution in [3.63, 3.8) is 0 Å². The molecule has 3 nitrogen and oxygen atoms in total. The first-order valence-corrected chi connectivity index (χ1v) is 8.12. The van der Waals surface area contributed by atoms with Crippen molar-refractivity contribution in [3.05, 3.63) is 28.2 Å². The van der Waals surface area contributed by atoms with E-state index in [4.69, 9.17) is 0 Å². The van der Waals surface area contributed by atoms with Crippen LogP contribution in [0.15, 0.2) is 22.7 Å². The van der Waals surface area contributed by atoms with Gasteiger partial charge in [-0.05, 0) is 52.4 Å². The summed E-state index contributed by atoms with van der Waals surface area (Å²) in [6.45, 7) is 3.03. The van der Waals surface area contributed by atoms with Gasteiger partial charge in [-0.25, -0.2) is 0 Å². The van der Waals surface area contributed by atoms with Gasteiger partial charge in [0.05, 0.1) is 4.47 Å². The molecule has 0 bridgehead atoms. The largest absolute Gasteiger partial charge is 0.507 e. The summed E-state index contributed by atoms with van der Waals surface area (Å²) < 4.78 is 0.602. The van der Waals surface area contributed by atoms with Crippen molar-refractivity contribution in [3.8, 4) is 5.75 Å². The lowest BCUT2D eigenvalue weighted by Gasteiger charge is -2.26. The molecule has 0 radical (unpaired) electrons. The zero-order valence-corrected chi connectivity index (χ0v) is 13.4. The van der Waals surface area contributed by atoms with E-state index < -0.39 is 0 Å². The number of phenolic OH excluding ortho intramolecular Hbond substituents is 1. The average molecular weight is 340 g/mol. The highest BCUT2D eigenvalue weighted by Crippen LogP contribution is 2.30. The predicted molar refractivity (Wildman–Crippen MR) is 83.9 cm³/mol. The van der Waals surface area contributed by atoms with Crippen LogP contribution in [-0.4, -0.2) is 17.6 Å². The summed E-state index contributed by atoms with van der Waals surface area (Å²) in [5.41, 5.74) is 0.503. The van der Waals surface area contributed by atoms with Crippen LogP contribution in [0.2, 0.25) is 0 Å². The summed E-state index contributed by atoms with van der Waals surface area (Å²) in [6.07, 6.45) is 6.27. The van der Waals surface area contributed by atoms with Gasteiger partial charge in [0.15, 0.2) is 0 Å². The van der Waals surface area contributed by atoms with E-state index in [9.17, 15) is 9.90 Å². The SMILES string of the molecule is CC1CCC(CCNC(=O)c2ccc(Br)c(O)c2)CC1. The number of benzene rings is 1. The third-order valence-corrected chi connectivity index (χ3v) is 4.85. The quantitative estimate of drug-likeness (QED) is 0.867. The van der Waals surface area contributed by atoms with Gasteiger partial charge >= 0.3 is 0 Å². The molecule has 1 fully saturated rings. The van der Waals surface area contributed by atoms with Crippen LogP contribution in [0.5, 0.6) is 5.75 Å². The van der Waals surface area contributed by atoms with Gasteiger partial charge in [0.1, 0.15) is 5.75 Å². The van der Waals surface area contributed by atoms with Gasteiger partial charge in [-0.1, -0.05) is 32.6 Å². The van der Waals surface area contributed by atoms with E-state index in [-0.39, 0.29) is 11.7 Å². The second-order valence-electron chi connectivity index (χ2n) is 5.84. The standard InChI is InChI=1S/C16H22BrNO2/c1-11-2-4-12(5-3-11)8-9-18-16(20)13-6-7-14(17)15(19)10-13/h6-7,10-12,19H,2-5,8-9H2,1H3,(H,18,20). The maximum absolute atomic E-state index is 12.0. The number of phenols is 1. The Hall–Kier alpha value is -1.03. The Balaban J connectivity index is 1.76. The first-order valence-electron chi connectivity index (χ1n) is 7.33. The zero-order chi connectivity index (χ0) is 14.5. The molecule has 4 heteroatoms. The Bertz CT molecular complexity index is 468. The van der Waals surface area contributed by atoms with Gasteiger partial charge in [0, 0.05) is 12.1 Å². The van der Waals surface area contributed by atoms with Crippen molar-refractivity contribution in [1.82, 2.24) is 5.32 Å². The van der Waals surface area contributed by atoms with Crippen LogP contribution in [0.25, 0.3) is 0 Å². The number of carbonyl (C=O) groups is 1. The van der Waals surface area contributed by atoms with Gasteiger partial charge in [0.2, 0.25) is 0 Å². The molecule has 2 rings (SSSR count). The van der Waals surface area contributed by atoms with E-state index in [0.717, 1.165) is 18.3 Å². The Kier molecular flexibility index (Phi) is 5.46. The van der Waals surface area contributed by atoms with Crippen LogP contribution in [0, 0.1) is 11.8 Å². The number of carbonyl (C=O) groups excluding carboxylic acids is 1. The third-order valence-electron chi connectivity index (χ3n) is 4.18. The normalized spacial score (nSPS) is 22.5. The lowest BCUT2D eigenvalue weighted by Crippen LogP contribution is -2.26. The Morgan fingerprint density at radius 3 is 2.70 bits per heavy atom. The third kappa shape index (κ3) is 4.23. The average Bonchev–Trinajstić information content (AvgIpc) is 2.44. The van der Waals surface area contributed by atoms with Crippen molar-refractivity contribution < 1.29 is 9.90 Å². The maximum atomic E-state index is 12.0. The highest BCUT2D eigenvalue weighted by atomic mass is 79.9. The Morgan fingerprint density at radius 1 is 1.35 bits per heavy atom. The smallest absolute Gasteiger partial charge is 0.251 e. The second kappa shape index (κ2) is 7.11. The van der Waals surface area contributed by atoms with Crippen molar-refractivity contribution in [2.75, 3.05) is 6.54 Å². The van der Waals surface area contributed by atoms with Gasteiger partial charge < -0.3 is 10.4 Å². The zero-order valence-electron chi connectivity index (χ0n) is 11.9. The fraction of sp³-hybridized carbons (Fsp3) is 0.562. The fourth-order valence-electron chi connectivity index (χ4n) is 2.76. The molecule has 1 aliphatic rings. The van der Waals surface area contributed by atoms with E-state index >= 15 is 0 Å². The van der Waals surface area contributed by atoms with Crippen LogP contribution >= 0.6 is 15.9 Å². The number of hydrogen-bond donors (Lipinski definition) is 2. The first kappa shape index (κ1) is 15.4. The molecule has 2 N–H and O–H groups in total. The molecule has 0 saturated heterocycles. The van der Waals surface area contributed by atoms with E-state index in [1.54, 1.807) is 12.1 Å². The maximum Gasteiger partial charge on any atom is 0.251 e. The van der Waals surface area contributed by atoms with Crippen molar-refractivity contribution >= 4 is 21.8 Å². The molecular weight excluding hydrogens is 318 g/mol. The molecule has 0 unspecified atom stereocenters. The van der Waals surface area contributed by atoms with Gasteiger partial charge in [-0.2, -0.15) is 0 Å². The molecule has 0 aliphatic heterocycles. The van der Waals surface area contributed by atoms with Crippen molar-refractivity contribution in [1.29, 1.82) is 0 Å². The summed E-state index contributed by atoms with van der Waals surface area (Å²) in [5, 5.41) is 12.5. The number of rotatable bonds is 4. The topological polar surface area (TPSA) is 49.3 Å². The summed E-state index contributed by atoms with van der Waals surface area (Å²) in [6, 6.07) is 4.88. The number of halogens is 1. The molecule has 1 amide bonds. The molecule has 110 valence electrons. The summed E-state index contributed by atoms with van der Waals surface area (Å²) in [4.78, 5) is 12.0. The van der Waals surface area contributed by atoms with E-state index in [0.29, 0.717) is 16.6 Å². The van der Waals surface area contributed by atoms with Gasteiger partial charge in [-0.3, -0.25) is 4.79 Å². The highest BCUT2D eigenvalue weighted by Gasteiger charge is 2.18. The molecule has 1 aromatic rings. The Morgan fingerprint density at radius 2 is 2.05 bits per heavy atom. The van der Waals surface area contributed by atoms with E-state index in [1.165, 1.54) is 31.7 Å². The van der Waals surface area contributed by atoms with E-state index in [2.05, 4.69) is 28.2 Å². The van der Waals surface area contributed by atoms with Crippen LogP contribution in [0.1, 0.15) is 49.4 Å². The first-order chi connectivity index (χ1) is 9.56. The molecule has 0 aromatic heterocycles. The molecule has 0 heterocycles. The molecule has 20 heavy (non-hydrogen) atoms. The molecule has 0 atom stereocenters. The fourth-order valence-corrected chi connectivity index (χ4v) is 3.01. The number of hydrogen-bond acceptors (Lipinski definition) is 2.